The van der Waals surface area contributed by atoms with Gasteiger partial charge in [0.2, 0.25) is 0 Å². The Morgan fingerprint density at radius 2 is 0.857 bits per heavy atom. The van der Waals surface area contributed by atoms with Crippen molar-refractivity contribution in [2.75, 3.05) is 66.1 Å². The lowest BCUT2D eigenvalue weighted by Crippen LogP contribution is -2.13. The molecule has 0 N–H and O–H groups in total. The van der Waals surface area contributed by atoms with Gasteiger partial charge in [0.25, 0.3) is 0 Å². The zero-order chi connectivity index (χ0) is 20.7. The fourth-order valence-electron chi connectivity index (χ4n) is 1.77. The summed E-state index contributed by atoms with van der Waals surface area (Å²) < 4.78 is 31.0. The van der Waals surface area contributed by atoms with Crippen LogP contribution in [0.4, 0.5) is 0 Å². The number of carbonyl (C=O) groups excluding carboxylic acids is 2. The molecule has 0 amide bonds. The molecular formula is C20H36O8. The molecule has 0 aliphatic heterocycles. The second-order valence-electron chi connectivity index (χ2n) is 5.82. The summed E-state index contributed by atoms with van der Waals surface area (Å²) >= 11 is 0. The van der Waals surface area contributed by atoms with Crippen LogP contribution in [-0.2, 0) is 38.0 Å². The molecule has 28 heavy (non-hydrogen) atoms. The lowest BCUT2D eigenvalue weighted by atomic mass is 10.4. The van der Waals surface area contributed by atoms with E-state index in [0.29, 0.717) is 26.4 Å². The first-order valence-corrected chi connectivity index (χ1v) is 10.0. The van der Waals surface area contributed by atoms with Crippen LogP contribution in [0.5, 0.6) is 0 Å². The third kappa shape index (κ3) is 20.8. The summed E-state index contributed by atoms with van der Waals surface area (Å²) in [6.45, 7) is 8.40. The predicted octanol–water partition coefficient (Wildman–Crippen LogP) is 2.30. The first-order chi connectivity index (χ1) is 13.7. The van der Waals surface area contributed by atoms with Crippen LogP contribution in [0.25, 0.3) is 0 Å². The summed E-state index contributed by atoms with van der Waals surface area (Å²) in [5.74, 6) is -1.25. The quantitative estimate of drug-likeness (QED) is 0.173. The Hall–Kier alpha value is -1.48. The highest BCUT2D eigenvalue weighted by Gasteiger charge is 2.01. The molecule has 8 nitrogen and oxygen atoms in total. The summed E-state index contributed by atoms with van der Waals surface area (Å²) in [7, 11) is 0. The van der Waals surface area contributed by atoms with E-state index in [4.69, 9.17) is 28.4 Å². The van der Waals surface area contributed by atoms with Gasteiger partial charge in [-0.3, -0.25) is 0 Å². The van der Waals surface area contributed by atoms with Crippen molar-refractivity contribution >= 4 is 11.9 Å². The lowest BCUT2D eigenvalue weighted by Gasteiger charge is -2.06. The second-order valence-corrected chi connectivity index (χ2v) is 5.82. The molecule has 0 bridgehead atoms. The molecule has 0 saturated carbocycles. The van der Waals surface area contributed by atoms with Crippen molar-refractivity contribution in [3.63, 3.8) is 0 Å². The molecule has 0 aromatic heterocycles. The summed E-state index contributed by atoms with van der Waals surface area (Å²) in [6, 6.07) is 0. The van der Waals surface area contributed by atoms with E-state index in [9.17, 15) is 9.59 Å². The summed E-state index contributed by atoms with van der Waals surface area (Å²) in [5, 5.41) is 0. The number of hydrogen-bond acceptors (Lipinski definition) is 8. The monoisotopic (exact) mass is 404 g/mol. The van der Waals surface area contributed by atoms with E-state index in [-0.39, 0.29) is 26.4 Å². The van der Waals surface area contributed by atoms with Crippen molar-refractivity contribution in [1.29, 1.82) is 0 Å². The summed E-state index contributed by atoms with van der Waals surface area (Å²) in [5.41, 5.74) is 0. The van der Waals surface area contributed by atoms with Crippen molar-refractivity contribution in [2.24, 2.45) is 0 Å². The van der Waals surface area contributed by atoms with Gasteiger partial charge < -0.3 is 28.4 Å². The molecule has 0 aliphatic carbocycles. The molecule has 0 atom stereocenters. The molecule has 0 saturated heterocycles. The third-order valence-corrected chi connectivity index (χ3v) is 3.33. The van der Waals surface area contributed by atoms with Gasteiger partial charge in [0.1, 0.15) is 13.2 Å². The van der Waals surface area contributed by atoms with Gasteiger partial charge >= 0.3 is 11.9 Å². The Morgan fingerprint density at radius 1 is 0.536 bits per heavy atom. The highest BCUT2D eigenvalue weighted by atomic mass is 16.6. The minimum Gasteiger partial charge on any atom is -0.460 e. The van der Waals surface area contributed by atoms with Gasteiger partial charge in [0.15, 0.2) is 0 Å². The number of hydrogen-bond donors (Lipinski definition) is 0. The fraction of sp³-hybridized carbons (Fsp3) is 0.800. The number of ether oxygens (including phenoxy) is 6. The molecule has 164 valence electrons. The minimum absolute atomic E-state index is 0.112. The van der Waals surface area contributed by atoms with Crippen LogP contribution >= 0.6 is 0 Å². The molecule has 0 rings (SSSR count). The van der Waals surface area contributed by atoms with Gasteiger partial charge in [-0.2, -0.15) is 0 Å². The van der Waals surface area contributed by atoms with E-state index in [1.165, 1.54) is 0 Å². The Balaban J connectivity index is 3.43. The SMILES string of the molecule is CCCCOCCOCCOC(=O)/C=C/C(=O)OCCOCCOCCCC. The Morgan fingerprint density at radius 3 is 1.21 bits per heavy atom. The predicted molar refractivity (Wildman–Crippen MR) is 104 cm³/mol. The number of carbonyl (C=O) groups is 2. The van der Waals surface area contributed by atoms with Gasteiger partial charge in [0.05, 0.1) is 39.6 Å². The van der Waals surface area contributed by atoms with E-state index in [0.717, 1.165) is 51.0 Å². The first kappa shape index (κ1) is 26.5. The topological polar surface area (TPSA) is 89.5 Å². The third-order valence-electron chi connectivity index (χ3n) is 3.33. The first-order valence-electron chi connectivity index (χ1n) is 10.0. The van der Waals surface area contributed by atoms with Crippen LogP contribution in [0.1, 0.15) is 39.5 Å². The van der Waals surface area contributed by atoms with E-state index < -0.39 is 11.9 Å². The van der Waals surface area contributed by atoms with E-state index in [1.54, 1.807) is 0 Å². The Bertz CT molecular complexity index is 362. The van der Waals surface area contributed by atoms with E-state index >= 15 is 0 Å². The number of unbranched alkanes of at least 4 members (excludes halogenated alkanes) is 2. The maximum atomic E-state index is 11.4. The summed E-state index contributed by atoms with van der Waals surface area (Å²) in [6.07, 6.45) is 6.32. The van der Waals surface area contributed by atoms with Crippen LogP contribution in [-0.4, -0.2) is 78.0 Å². The van der Waals surface area contributed by atoms with E-state index in [2.05, 4.69) is 13.8 Å². The average molecular weight is 405 g/mol. The Kier molecular flexibility index (Phi) is 20.7. The minimum atomic E-state index is -0.625. The highest BCUT2D eigenvalue weighted by Crippen LogP contribution is 1.90. The fourth-order valence-corrected chi connectivity index (χ4v) is 1.77. The second kappa shape index (κ2) is 21.8. The molecule has 0 fully saturated rings. The van der Waals surface area contributed by atoms with Gasteiger partial charge in [-0.15, -0.1) is 0 Å². The van der Waals surface area contributed by atoms with Crippen molar-refractivity contribution < 1.29 is 38.0 Å². The molecule has 0 radical (unpaired) electrons. The normalized spacial score (nSPS) is 11.1. The zero-order valence-corrected chi connectivity index (χ0v) is 17.3. The van der Waals surface area contributed by atoms with Gasteiger partial charge in [0, 0.05) is 25.4 Å². The molecule has 0 spiro atoms. The number of esters is 2. The van der Waals surface area contributed by atoms with Gasteiger partial charge in [-0.1, -0.05) is 26.7 Å². The zero-order valence-electron chi connectivity index (χ0n) is 17.3. The molecule has 8 heteroatoms. The van der Waals surface area contributed by atoms with Gasteiger partial charge in [-0.05, 0) is 12.8 Å². The molecule has 0 aromatic carbocycles. The average Bonchev–Trinajstić information content (AvgIpc) is 2.69. The van der Waals surface area contributed by atoms with E-state index in [1.807, 2.05) is 0 Å². The molecule has 0 heterocycles. The maximum Gasteiger partial charge on any atom is 0.331 e. The molecule has 0 unspecified atom stereocenters. The standard InChI is InChI=1S/C20H36O8/c1-3-5-9-23-11-13-25-15-17-27-19(21)7-8-20(22)28-18-16-26-14-12-24-10-6-4-2/h7-8H,3-6,9-18H2,1-2H3/b8-7+. The highest BCUT2D eigenvalue weighted by molar-refractivity contribution is 5.91. The number of rotatable bonds is 20. The van der Waals surface area contributed by atoms with Crippen molar-refractivity contribution in [1.82, 2.24) is 0 Å². The van der Waals surface area contributed by atoms with Crippen LogP contribution in [0.3, 0.4) is 0 Å². The largest absolute Gasteiger partial charge is 0.460 e. The Labute approximate surface area is 168 Å². The van der Waals surface area contributed by atoms with Crippen molar-refractivity contribution in [3.8, 4) is 0 Å². The smallest absolute Gasteiger partial charge is 0.331 e. The maximum absolute atomic E-state index is 11.4. The van der Waals surface area contributed by atoms with Crippen molar-refractivity contribution in [3.05, 3.63) is 12.2 Å². The van der Waals surface area contributed by atoms with Crippen LogP contribution in [0, 0.1) is 0 Å². The molecular weight excluding hydrogens is 368 g/mol. The molecule has 0 aromatic rings. The molecule has 0 aliphatic rings. The summed E-state index contributed by atoms with van der Waals surface area (Å²) in [4.78, 5) is 22.9. The van der Waals surface area contributed by atoms with Crippen LogP contribution in [0.15, 0.2) is 12.2 Å². The lowest BCUT2D eigenvalue weighted by molar-refractivity contribution is -0.142. The van der Waals surface area contributed by atoms with Crippen LogP contribution < -0.4 is 0 Å². The van der Waals surface area contributed by atoms with Crippen LogP contribution in [0.2, 0.25) is 0 Å². The van der Waals surface area contributed by atoms with Crippen molar-refractivity contribution in [2.45, 2.75) is 39.5 Å². The van der Waals surface area contributed by atoms with Gasteiger partial charge in [-0.25, -0.2) is 9.59 Å².